The van der Waals surface area contributed by atoms with Crippen molar-refractivity contribution in [2.24, 2.45) is 0 Å². The minimum Gasteiger partial charge on any atom is -0.481 e. The van der Waals surface area contributed by atoms with E-state index in [0.29, 0.717) is 18.4 Å². The molecule has 0 aromatic heterocycles. The van der Waals surface area contributed by atoms with Crippen LogP contribution in [-0.4, -0.2) is 53.9 Å². The summed E-state index contributed by atoms with van der Waals surface area (Å²) in [5, 5.41) is 14.7. The Hall–Kier alpha value is -0.950. The smallest absolute Gasteiger partial charge is 0.314 e. The van der Waals surface area contributed by atoms with E-state index in [-0.39, 0.29) is 19.0 Å². The predicted octanol–water partition coefficient (Wildman–Crippen LogP) is 1.06. The average molecular weight is 290 g/mol. The predicted molar refractivity (Wildman–Crippen MR) is 74.5 cm³/mol. The Morgan fingerprint density at radius 2 is 2.26 bits per heavy atom. The number of hydrogen-bond acceptors (Lipinski definition) is 4. The van der Waals surface area contributed by atoms with Gasteiger partial charge in [-0.1, -0.05) is 0 Å². The third-order valence-electron chi connectivity index (χ3n) is 2.81. The van der Waals surface area contributed by atoms with E-state index in [1.54, 1.807) is 6.92 Å². The number of rotatable bonds is 8. The molecular formula is C12H22N2O4S. The van der Waals surface area contributed by atoms with Gasteiger partial charge in [0, 0.05) is 24.9 Å². The summed E-state index contributed by atoms with van der Waals surface area (Å²) in [7, 11) is 0. The van der Waals surface area contributed by atoms with Crippen molar-refractivity contribution < 1.29 is 19.4 Å². The summed E-state index contributed by atoms with van der Waals surface area (Å²) in [4.78, 5) is 22.2. The molecule has 0 saturated carbocycles. The van der Waals surface area contributed by atoms with Gasteiger partial charge in [0.05, 0.1) is 12.5 Å². The molecule has 6 nitrogen and oxygen atoms in total. The molecule has 2 amide bonds. The second-order valence-electron chi connectivity index (χ2n) is 4.40. The van der Waals surface area contributed by atoms with E-state index < -0.39 is 12.1 Å². The van der Waals surface area contributed by atoms with Crippen molar-refractivity contribution in [3.63, 3.8) is 0 Å². The highest BCUT2D eigenvalue weighted by Crippen LogP contribution is 2.25. The summed E-state index contributed by atoms with van der Waals surface area (Å²) in [5.74, 6) is 0.238. The monoisotopic (exact) mass is 290 g/mol. The minimum absolute atomic E-state index is 0.105. The van der Waals surface area contributed by atoms with Crippen molar-refractivity contribution in [1.29, 1.82) is 0 Å². The zero-order chi connectivity index (χ0) is 14.1. The number of hydrogen-bond donors (Lipinski definition) is 3. The first kappa shape index (κ1) is 16.1. The zero-order valence-corrected chi connectivity index (χ0v) is 12.0. The van der Waals surface area contributed by atoms with Crippen LogP contribution in [-0.2, 0) is 9.53 Å². The van der Waals surface area contributed by atoms with Gasteiger partial charge in [0.25, 0.3) is 0 Å². The SMILES string of the molecule is CCOC(CNC(=O)NCC1CCCS1)CC(=O)O. The van der Waals surface area contributed by atoms with Crippen molar-refractivity contribution in [1.82, 2.24) is 10.6 Å². The molecule has 1 saturated heterocycles. The van der Waals surface area contributed by atoms with Crippen LogP contribution in [0.5, 0.6) is 0 Å². The lowest BCUT2D eigenvalue weighted by Crippen LogP contribution is -2.42. The first-order chi connectivity index (χ1) is 9.11. The maximum atomic E-state index is 11.6. The van der Waals surface area contributed by atoms with Gasteiger partial charge in [0.15, 0.2) is 0 Å². The Balaban J connectivity index is 2.16. The Kier molecular flexibility index (Phi) is 7.66. The summed E-state index contributed by atoms with van der Waals surface area (Å²) in [6.07, 6.45) is 1.77. The molecule has 1 rings (SSSR count). The number of ether oxygens (including phenoxy) is 1. The van der Waals surface area contributed by atoms with Crippen molar-refractivity contribution >= 4 is 23.8 Å². The summed E-state index contributed by atoms with van der Waals surface area (Å²) in [6, 6.07) is -0.261. The quantitative estimate of drug-likeness (QED) is 0.622. The second-order valence-corrected chi connectivity index (χ2v) is 5.81. The third kappa shape index (κ3) is 7.27. The Labute approximate surface area is 117 Å². The van der Waals surface area contributed by atoms with Gasteiger partial charge in [-0.15, -0.1) is 0 Å². The van der Waals surface area contributed by atoms with Crippen molar-refractivity contribution in [3.05, 3.63) is 0 Å². The van der Waals surface area contributed by atoms with Gasteiger partial charge in [-0.2, -0.15) is 11.8 Å². The Morgan fingerprint density at radius 1 is 1.47 bits per heavy atom. The summed E-state index contributed by atoms with van der Waals surface area (Å²) < 4.78 is 5.25. The molecule has 19 heavy (non-hydrogen) atoms. The van der Waals surface area contributed by atoms with E-state index in [4.69, 9.17) is 9.84 Å². The molecule has 3 N–H and O–H groups in total. The lowest BCUT2D eigenvalue weighted by atomic mass is 10.2. The molecule has 2 unspecified atom stereocenters. The number of aliphatic carboxylic acids is 1. The van der Waals surface area contributed by atoms with Crippen LogP contribution < -0.4 is 10.6 Å². The average Bonchev–Trinajstić information content (AvgIpc) is 2.86. The molecule has 0 aliphatic carbocycles. The maximum Gasteiger partial charge on any atom is 0.314 e. The number of nitrogens with one attached hydrogen (secondary N) is 2. The van der Waals surface area contributed by atoms with Crippen LogP contribution in [0, 0.1) is 0 Å². The fraction of sp³-hybridized carbons (Fsp3) is 0.833. The highest BCUT2D eigenvalue weighted by atomic mass is 32.2. The van der Waals surface area contributed by atoms with Gasteiger partial charge < -0.3 is 20.5 Å². The highest BCUT2D eigenvalue weighted by Gasteiger charge is 2.17. The molecule has 1 heterocycles. The number of amides is 2. The van der Waals surface area contributed by atoms with Crippen molar-refractivity contribution in [2.75, 3.05) is 25.4 Å². The van der Waals surface area contributed by atoms with E-state index >= 15 is 0 Å². The van der Waals surface area contributed by atoms with Crippen molar-refractivity contribution in [2.45, 2.75) is 37.5 Å². The molecule has 0 aromatic rings. The van der Waals surface area contributed by atoms with Gasteiger partial charge in [-0.3, -0.25) is 4.79 Å². The summed E-state index contributed by atoms with van der Waals surface area (Å²) in [5.41, 5.74) is 0. The van der Waals surface area contributed by atoms with Crippen LogP contribution in [0.25, 0.3) is 0 Å². The third-order valence-corrected chi connectivity index (χ3v) is 4.21. The van der Waals surface area contributed by atoms with E-state index in [2.05, 4.69) is 10.6 Å². The maximum absolute atomic E-state index is 11.6. The largest absolute Gasteiger partial charge is 0.481 e. The first-order valence-electron chi connectivity index (χ1n) is 6.58. The van der Waals surface area contributed by atoms with Crippen LogP contribution in [0.4, 0.5) is 4.79 Å². The van der Waals surface area contributed by atoms with Crippen LogP contribution in [0.1, 0.15) is 26.2 Å². The molecule has 1 aliphatic rings. The molecule has 0 spiro atoms. The Morgan fingerprint density at radius 3 is 2.84 bits per heavy atom. The molecule has 1 fully saturated rings. The number of carboxylic acid groups (broad SMARTS) is 1. The lowest BCUT2D eigenvalue weighted by molar-refractivity contribution is -0.140. The summed E-state index contributed by atoms with van der Waals surface area (Å²) in [6.45, 7) is 3.10. The highest BCUT2D eigenvalue weighted by molar-refractivity contribution is 8.00. The number of carboxylic acids is 1. The normalized spacial score (nSPS) is 19.9. The fourth-order valence-electron chi connectivity index (χ4n) is 1.90. The zero-order valence-electron chi connectivity index (χ0n) is 11.2. The molecule has 0 aromatic carbocycles. The van der Waals surface area contributed by atoms with E-state index in [1.807, 2.05) is 11.8 Å². The molecular weight excluding hydrogens is 268 g/mol. The lowest BCUT2D eigenvalue weighted by Gasteiger charge is -2.16. The molecule has 2 atom stereocenters. The van der Waals surface area contributed by atoms with E-state index in [9.17, 15) is 9.59 Å². The van der Waals surface area contributed by atoms with E-state index in [1.165, 1.54) is 12.2 Å². The van der Waals surface area contributed by atoms with E-state index in [0.717, 1.165) is 6.42 Å². The van der Waals surface area contributed by atoms with Gasteiger partial charge in [-0.25, -0.2) is 4.79 Å². The molecule has 0 radical (unpaired) electrons. The molecule has 110 valence electrons. The molecule has 7 heteroatoms. The van der Waals surface area contributed by atoms with Gasteiger partial charge in [-0.05, 0) is 25.5 Å². The number of carbonyl (C=O) groups is 2. The Bertz CT molecular complexity index is 295. The van der Waals surface area contributed by atoms with Gasteiger partial charge in [0.2, 0.25) is 0 Å². The molecule has 0 bridgehead atoms. The number of carbonyl (C=O) groups excluding carboxylic acids is 1. The van der Waals surface area contributed by atoms with Gasteiger partial charge >= 0.3 is 12.0 Å². The first-order valence-corrected chi connectivity index (χ1v) is 7.63. The van der Waals surface area contributed by atoms with Crippen LogP contribution in [0.15, 0.2) is 0 Å². The molecule has 1 aliphatic heterocycles. The standard InChI is InChI=1S/C12H22N2O4S/c1-2-18-9(6-11(15)16)7-13-12(17)14-8-10-4-3-5-19-10/h9-10H,2-8H2,1H3,(H,15,16)(H2,13,14,17). The topological polar surface area (TPSA) is 87.7 Å². The van der Waals surface area contributed by atoms with Crippen LogP contribution in [0.3, 0.4) is 0 Å². The van der Waals surface area contributed by atoms with Crippen LogP contribution in [0.2, 0.25) is 0 Å². The minimum atomic E-state index is -0.928. The fourth-order valence-corrected chi connectivity index (χ4v) is 3.10. The van der Waals surface area contributed by atoms with Crippen molar-refractivity contribution in [3.8, 4) is 0 Å². The van der Waals surface area contributed by atoms with Crippen LogP contribution >= 0.6 is 11.8 Å². The number of urea groups is 1. The van der Waals surface area contributed by atoms with Gasteiger partial charge in [0.1, 0.15) is 0 Å². The second kappa shape index (κ2) is 9.03. The number of thioether (sulfide) groups is 1. The summed E-state index contributed by atoms with van der Waals surface area (Å²) >= 11 is 1.88.